The Bertz CT molecular complexity index is 340. The predicted molar refractivity (Wildman–Crippen MR) is 63.6 cm³/mol. The number of hydrogen-bond acceptors (Lipinski definition) is 5. The summed E-state index contributed by atoms with van der Waals surface area (Å²) in [6.07, 6.45) is 3.49. The molecule has 0 aromatic heterocycles. The van der Waals surface area contributed by atoms with Crippen molar-refractivity contribution in [2.75, 3.05) is 20.3 Å². The molecule has 18 heavy (non-hydrogen) atoms. The molecule has 0 amide bonds. The van der Waals surface area contributed by atoms with Gasteiger partial charge in [0.2, 0.25) is 0 Å². The Kier molecular flexibility index (Phi) is 3.08. The maximum Gasteiger partial charge on any atom is 0.310 e. The van der Waals surface area contributed by atoms with Gasteiger partial charge in [-0.1, -0.05) is 0 Å². The molecule has 1 heterocycles. The van der Waals surface area contributed by atoms with E-state index < -0.39 is 5.79 Å². The van der Waals surface area contributed by atoms with Crippen molar-refractivity contribution in [3.63, 3.8) is 0 Å². The summed E-state index contributed by atoms with van der Waals surface area (Å²) in [5.41, 5.74) is 6.08. The van der Waals surface area contributed by atoms with Gasteiger partial charge in [-0.3, -0.25) is 4.79 Å². The summed E-state index contributed by atoms with van der Waals surface area (Å²) < 4.78 is 16.6. The van der Waals surface area contributed by atoms with Gasteiger partial charge in [-0.25, -0.2) is 0 Å². The van der Waals surface area contributed by atoms with Crippen LogP contribution < -0.4 is 5.73 Å². The van der Waals surface area contributed by atoms with Crippen molar-refractivity contribution in [3.05, 3.63) is 0 Å². The molecule has 2 aliphatic carbocycles. The molecule has 0 radical (unpaired) electrons. The van der Waals surface area contributed by atoms with E-state index in [-0.39, 0.29) is 23.8 Å². The molecule has 1 saturated heterocycles. The van der Waals surface area contributed by atoms with E-state index in [4.69, 9.17) is 19.9 Å². The number of rotatable bonds is 1. The molecule has 3 aliphatic rings. The van der Waals surface area contributed by atoms with E-state index in [1.54, 1.807) is 0 Å². The summed E-state index contributed by atoms with van der Waals surface area (Å²) >= 11 is 0. The Morgan fingerprint density at radius 3 is 2.72 bits per heavy atom. The first kappa shape index (κ1) is 12.4. The molecule has 3 fully saturated rings. The fourth-order valence-corrected chi connectivity index (χ4v) is 3.99. The van der Waals surface area contributed by atoms with Crippen molar-refractivity contribution in [3.8, 4) is 0 Å². The van der Waals surface area contributed by atoms with Crippen LogP contribution in [-0.4, -0.2) is 38.1 Å². The van der Waals surface area contributed by atoms with Crippen molar-refractivity contribution in [2.24, 2.45) is 23.5 Å². The predicted octanol–water partition coefficient (Wildman–Crippen LogP) is 0.666. The third-order valence-corrected chi connectivity index (χ3v) is 4.72. The molecule has 4 atom stereocenters. The molecule has 5 heteroatoms. The van der Waals surface area contributed by atoms with Crippen molar-refractivity contribution >= 4 is 5.97 Å². The second-order valence-electron chi connectivity index (χ2n) is 5.74. The first-order valence-electron chi connectivity index (χ1n) is 6.76. The van der Waals surface area contributed by atoms with Crippen molar-refractivity contribution < 1.29 is 19.0 Å². The van der Waals surface area contributed by atoms with E-state index in [2.05, 4.69) is 0 Å². The zero-order valence-electron chi connectivity index (χ0n) is 10.8. The lowest BCUT2D eigenvalue weighted by atomic mass is 9.90. The topological polar surface area (TPSA) is 70.8 Å². The smallest absolute Gasteiger partial charge is 0.310 e. The van der Waals surface area contributed by atoms with Gasteiger partial charge in [0, 0.05) is 18.9 Å². The zero-order valence-corrected chi connectivity index (χ0v) is 10.8. The van der Waals surface area contributed by atoms with Crippen LogP contribution in [0.5, 0.6) is 0 Å². The van der Waals surface area contributed by atoms with E-state index in [0.29, 0.717) is 5.92 Å². The minimum Gasteiger partial charge on any atom is -0.469 e. The molecule has 3 rings (SSSR count). The zero-order chi connectivity index (χ0) is 12.8. The van der Waals surface area contributed by atoms with Crippen LogP contribution in [0.4, 0.5) is 0 Å². The van der Waals surface area contributed by atoms with Gasteiger partial charge < -0.3 is 19.9 Å². The van der Waals surface area contributed by atoms with Crippen molar-refractivity contribution in [1.29, 1.82) is 0 Å². The van der Waals surface area contributed by atoms with Gasteiger partial charge in [0.15, 0.2) is 5.79 Å². The molecule has 1 spiro atoms. The standard InChI is InChI=1S/C13H21NO4/c1-16-12(15)11-9-7-13(17-3-2-4-18-13)6-8(9)5-10(11)14/h8-11H,2-7,14H2,1H3/t8-,9+,10+,11-/m0/s1. The molecular formula is C13H21NO4. The number of methoxy groups -OCH3 is 1. The van der Waals surface area contributed by atoms with Crippen LogP contribution in [0.3, 0.4) is 0 Å². The van der Waals surface area contributed by atoms with Crippen molar-refractivity contribution in [1.82, 2.24) is 0 Å². The van der Waals surface area contributed by atoms with Crippen LogP contribution in [0.1, 0.15) is 25.7 Å². The highest BCUT2D eigenvalue weighted by Crippen LogP contribution is 2.53. The first-order valence-corrected chi connectivity index (χ1v) is 6.76. The Morgan fingerprint density at radius 2 is 2.06 bits per heavy atom. The number of ether oxygens (including phenoxy) is 3. The average molecular weight is 255 g/mol. The van der Waals surface area contributed by atoms with Gasteiger partial charge in [-0.05, 0) is 24.7 Å². The minimum absolute atomic E-state index is 0.0756. The van der Waals surface area contributed by atoms with E-state index in [1.165, 1.54) is 7.11 Å². The number of carbonyl (C=O) groups is 1. The second-order valence-corrected chi connectivity index (χ2v) is 5.74. The summed E-state index contributed by atoms with van der Waals surface area (Å²) in [5.74, 6) is -0.121. The Labute approximate surface area is 107 Å². The Morgan fingerprint density at radius 1 is 1.33 bits per heavy atom. The molecule has 2 saturated carbocycles. The molecule has 2 N–H and O–H groups in total. The lowest BCUT2D eigenvalue weighted by molar-refractivity contribution is -0.266. The highest BCUT2D eigenvalue weighted by Gasteiger charge is 2.57. The fourth-order valence-electron chi connectivity index (χ4n) is 3.99. The van der Waals surface area contributed by atoms with Gasteiger partial charge >= 0.3 is 5.97 Å². The summed E-state index contributed by atoms with van der Waals surface area (Å²) in [5, 5.41) is 0. The third kappa shape index (κ3) is 1.85. The van der Waals surface area contributed by atoms with Crippen LogP contribution in [0.25, 0.3) is 0 Å². The van der Waals surface area contributed by atoms with E-state index in [0.717, 1.165) is 38.9 Å². The largest absolute Gasteiger partial charge is 0.469 e. The second kappa shape index (κ2) is 4.47. The van der Waals surface area contributed by atoms with Gasteiger partial charge in [0.25, 0.3) is 0 Å². The van der Waals surface area contributed by atoms with Crippen LogP contribution in [-0.2, 0) is 19.0 Å². The summed E-state index contributed by atoms with van der Waals surface area (Å²) in [6, 6.07) is -0.0756. The van der Waals surface area contributed by atoms with Crippen LogP contribution in [0, 0.1) is 17.8 Å². The number of hydrogen-bond donors (Lipinski definition) is 1. The van der Waals surface area contributed by atoms with E-state index >= 15 is 0 Å². The summed E-state index contributed by atoms with van der Waals surface area (Å²) in [7, 11) is 1.43. The highest BCUT2D eigenvalue weighted by atomic mass is 16.7. The first-order chi connectivity index (χ1) is 8.65. The summed E-state index contributed by atoms with van der Waals surface area (Å²) in [6.45, 7) is 1.52. The Balaban J connectivity index is 1.76. The highest BCUT2D eigenvalue weighted by molar-refractivity contribution is 5.74. The lowest BCUT2D eigenvalue weighted by Crippen LogP contribution is -2.41. The number of esters is 1. The molecule has 0 aromatic rings. The van der Waals surface area contributed by atoms with Crippen LogP contribution in [0.2, 0.25) is 0 Å². The normalized spacial score (nSPS) is 41.9. The number of fused-ring (bicyclic) bond motifs is 1. The molecular weight excluding hydrogens is 234 g/mol. The number of nitrogens with two attached hydrogens (primary N) is 1. The van der Waals surface area contributed by atoms with Gasteiger partial charge in [0.05, 0.1) is 26.2 Å². The lowest BCUT2D eigenvalue weighted by Gasteiger charge is -2.35. The molecule has 5 nitrogen and oxygen atoms in total. The SMILES string of the molecule is COC(=O)[C@H]1[C@@H]2CC3(C[C@@H]2C[C@H]1N)OCCCO3. The van der Waals surface area contributed by atoms with Gasteiger partial charge in [-0.2, -0.15) is 0 Å². The fraction of sp³-hybridized carbons (Fsp3) is 0.923. The van der Waals surface area contributed by atoms with Gasteiger partial charge in [-0.15, -0.1) is 0 Å². The molecule has 0 aromatic carbocycles. The molecule has 1 aliphatic heterocycles. The van der Waals surface area contributed by atoms with Crippen LogP contribution >= 0.6 is 0 Å². The average Bonchev–Trinajstić information content (AvgIpc) is 2.82. The number of carbonyl (C=O) groups excluding carboxylic acids is 1. The maximum atomic E-state index is 11.9. The maximum absolute atomic E-state index is 11.9. The Hall–Kier alpha value is -0.650. The van der Waals surface area contributed by atoms with Gasteiger partial charge in [0.1, 0.15) is 0 Å². The third-order valence-electron chi connectivity index (χ3n) is 4.72. The minimum atomic E-state index is -0.444. The summed E-state index contributed by atoms with van der Waals surface area (Å²) in [4.78, 5) is 11.9. The quantitative estimate of drug-likeness (QED) is 0.697. The molecule has 0 unspecified atom stereocenters. The van der Waals surface area contributed by atoms with Crippen LogP contribution in [0.15, 0.2) is 0 Å². The van der Waals surface area contributed by atoms with E-state index in [9.17, 15) is 4.79 Å². The van der Waals surface area contributed by atoms with Crippen molar-refractivity contribution in [2.45, 2.75) is 37.5 Å². The molecule has 102 valence electrons. The van der Waals surface area contributed by atoms with E-state index in [1.807, 2.05) is 0 Å². The monoisotopic (exact) mass is 255 g/mol. The molecule has 0 bridgehead atoms.